The molecule has 2 heterocycles. The van der Waals surface area contributed by atoms with Crippen molar-refractivity contribution in [3.63, 3.8) is 0 Å². The molecular formula is C20H23N5O3. The van der Waals surface area contributed by atoms with Gasteiger partial charge in [0.15, 0.2) is 11.2 Å². The zero-order chi connectivity index (χ0) is 19.7. The van der Waals surface area contributed by atoms with Crippen molar-refractivity contribution in [2.45, 2.75) is 45.1 Å². The number of hydrogen-bond acceptors (Lipinski definition) is 5. The Labute approximate surface area is 161 Å². The van der Waals surface area contributed by atoms with Crippen LogP contribution in [0.5, 0.6) is 0 Å². The number of nitrogens with zero attached hydrogens (tertiary/aromatic N) is 3. The van der Waals surface area contributed by atoms with Gasteiger partial charge in [-0.25, -0.2) is 4.98 Å². The number of carbonyl (C=O) groups is 1. The second kappa shape index (κ2) is 7.46. The molecule has 0 radical (unpaired) electrons. The Bertz CT molecular complexity index is 1060. The number of nitrogens with one attached hydrogen (secondary N) is 2. The summed E-state index contributed by atoms with van der Waals surface area (Å²) >= 11 is 0. The molecule has 0 saturated heterocycles. The first-order chi connectivity index (χ1) is 13.6. The molecule has 28 heavy (non-hydrogen) atoms. The fourth-order valence-electron chi connectivity index (χ4n) is 3.83. The van der Waals surface area contributed by atoms with Crippen molar-refractivity contribution in [1.82, 2.24) is 19.5 Å². The molecule has 3 aromatic rings. The van der Waals surface area contributed by atoms with Crippen LogP contribution in [-0.4, -0.2) is 30.6 Å². The highest BCUT2D eigenvalue weighted by molar-refractivity contribution is 5.73. The first kappa shape index (κ1) is 18.2. The summed E-state index contributed by atoms with van der Waals surface area (Å²) in [6, 6.07) is 9.57. The molecule has 8 heteroatoms. The Morgan fingerprint density at radius 2 is 2.07 bits per heavy atom. The Balaban J connectivity index is 1.73. The quantitative estimate of drug-likeness (QED) is 0.604. The number of rotatable bonds is 6. The van der Waals surface area contributed by atoms with Crippen molar-refractivity contribution >= 4 is 28.8 Å². The van der Waals surface area contributed by atoms with Crippen molar-refractivity contribution < 1.29 is 9.90 Å². The first-order valence-corrected chi connectivity index (χ1v) is 9.62. The summed E-state index contributed by atoms with van der Waals surface area (Å²) in [5, 5.41) is 12.4. The summed E-state index contributed by atoms with van der Waals surface area (Å²) < 4.78 is 1.62. The SMILES string of the molecule is CCCn1c(Nc2ccccc2)nc2nc(C3CCC(C(=O)O)C3)[nH]c2c1=O. The van der Waals surface area contributed by atoms with Gasteiger partial charge < -0.3 is 15.4 Å². The predicted octanol–water partition coefficient (Wildman–Crippen LogP) is 3.24. The number of para-hydroxylation sites is 1. The van der Waals surface area contributed by atoms with Gasteiger partial charge in [-0.2, -0.15) is 4.98 Å². The zero-order valence-electron chi connectivity index (χ0n) is 15.7. The number of anilines is 2. The molecule has 1 aromatic carbocycles. The Morgan fingerprint density at radius 3 is 2.75 bits per heavy atom. The van der Waals surface area contributed by atoms with Crippen LogP contribution in [-0.2, 0) is 11.3 Å². The molecule has 2 aromatic heterocycles. The van der Waals surface area contributed by atoms with E-state index in [0.717, 1.165) is 18.5 Å². The highest BCUT2D eigenvalue weighted by atomic mass is 16.4. The van der Waals surface area contributed by atoms with Crippen LogP contribution < -0.4 is 10.9 Å². The maximum atomic E-state index is 13.0. The standard InChI is InChI=1S/C20H23N5O3/c1-2-10-25-18(26)15-17(24-20(25)21-14-6-4-3-5-7-14)23-16(22-15)12-8-9-13(11-12)19(27)28/h3-7,12-13H,2,8-11H2,1H3,(H,21,24)(H,22,23)(H,27,28). The topological polar surface area (TPSA) is 113 Å². The summed E-state index contributed by atoms with van der Waals surface area (Å²) in [4.78, 5) is 36.5. The Hall–Kier alpha value is -3.16. The average Bonchev–Trinajstić information content (AvgIpc) is 3.33. The number of hydrogen-bond donors (Lipinski definition) is 3. The average molecular weight is 381 g/mol. The van der Waals surface area contributed by atoms with Gasteiger partial charge >= 0.3 is 5.97 Å². The van der Waals surface area contributed by atoms with Gasteiger partial charge in [0.1, 0.15) is 5.82 Å². The molecule has 0 aliphatic heterocycles. The number of aromatic nitrogens is 4. The van der Waals surface area contributed by atoms with Crippen LogP contribution >= 0.6 is 0 Å². The van der Waals surface area contributed by atoms with Gasteiger partial charge in [0, 0.05) is 18.2 Å². The number of carboxylic acids is 1. The van der Waals surface area contributed by atoms with Crippen LogP contribution in [0.25, 0.3) is 11.2 Å². The molecule has 1 aliphatic rings. The largest absolute Gasteiger partial charge is 0.481 e. The molecule has 1 saturated carbocycles. The van der Waals surface area contributed by atoms with E-state index in [4.69, 9.17) is 0 Å². The van der Waals surface area contributed by atoms with Crippen molar-refractivity contribution in [3.05, 3.63) is 46.5 Å². The van der Waals surface area contributed by atoms with Gasteiger partial charge in [0.25, 0.3) is 5.56 Å². The monoisotopic (exact) mass is 381 g/mol. The molecule has 4 rings (SSSR count). The van der Waals surface area contributed by atoms with Gasteiger partial charge in [-0.3, -0.25) is 14.2 Å². The predicted molar refractivity (Wildman–Crippen MR) is 106 cm³/mol. The lowest BCUT2D eigenvalue weighted by atomic mass is 10.0. The van der Waals surface area contributed by atoms with Gasteiger partial charge in [-0.05, 0) is 37.8 Å². The summed E-state index contributed by atoms with van der Waals surface area (Å²) in [6.07, 6.45) is 2.70. The second-order valence-corrected chi connectivity index (χ2v) is 7.25. The minimum atomic E-state index is -0.767. The van der Waals surface area contributed by atoms with E-state index in [0.29, 0.717) is 42.3 Å². The van der Waals surface area contributed by atoms with E-state index in [1.165, 1.54) is 0 Å². The van der Waals surface area contributed by atoms with Crippen LogP contribution in [0.1, 0.15) is 44.3 Å². The van der Waals surface area contributed by atoms with Crippen molar-refractivity contribution in [2.24, 2.45) is 5.92 Å². The van der Waals surface area contributed by atoms with Gasteiger partial charge in [-0.15, -0.1) is 0 Å². The van der Waals surface area contributed by atoms with Gasteiger partial charge in [0.05, 0.1) is 5.92 Å². The van der Waals surface area contributed by atoms with E-state index in [1.807, 2.05) is 37.3 Å². The maximum Gasteiger partial charge on any atom is 0.306 e. The molecule has 1 aliphatic carbocycles. The summed E-state index contributed by atoms with van der Waals surface area (Å²) in [6.45, 7) is 2.54. The Kier molecular flexibility index (Phi) is 4.85. The number of carboxylic acid groups (broad SMARTS) is 1. The van der Waals surface area contributed by atoms with Crippen LogP contribution in [0.15, 0.2) is 35.1 Å². The van der Waals surface area contributed by atoms with Crippen LogP contribution in [0, 0.1) is 5.92 Å². The maximum absolute atomic E-state index is 13.0. The molecule has 146 valence electrons. The number of aromatic amines is 1. The summed E-state index contributed by atoms with van der Waals surface area (Å²) in [5.74, 6) is 0.0103. The smallest absolute Gasteiger partial charge is 0.306 e. The molecule has 8 nitrogen and oxygen atoms in total. The van der Waals surface area contributed by atoms with Crippen molar-refractivity contribution in [1.29, 1.82) is 0 Å². The third-order valence-corrected chi connectivity index (χ3v) is 5.28. The molecule has 2 atom stereocenters. The van der Waals surface area contributed by atoms with Crippen LogP contribution in [0.2, 0.25) is 0 Å². The van der Waals surface area contributed by atoms with Crippen LogP contribution in [0.4, 0.5) is 11.6 Å². The lowest BCUT2D eigenvalue weighted by molar-refractivity contribution is -0.141. The molecule has 2 unspecified atom stereocenters. The summed E-state index contributed by atoms with van der Waals surface area (Å²) in [7, 11) is 0. The van der Waals surface area contributed by atoms with Gasteiger partial charge in [0.2, 0.25) is 5.95 Å². The number of H-pyrrole nitrogens is 1. The van der Waals surface area contributed by atoms with Crippen molar-refractivity contribution in [2.75, 3.05) is 5.32 Å². The van der Waals surface area contributed by atoms with Crippen LogP contribution in [0.3, 0.4) is 0 Å². The fourth-order valence-corrected chi connectivity index (χ4v) is 3.83. The van der Waals surface area contributed by atoms with E-state index in [2.05, 4.69) is 20.3 Å². The van der Waals surface area contributed by atoms with Gasteiger partial charge in [-0.1, -0.05) is 25.1 Å². The molecule has 0 bridgehead atoms. The summed E-state index contributed by atoms with van der Waals surface area (Å²) in [5.41, 5.74) is 1.41. The number of aliphatic carboxylic acids is 1. The number of fused-ring (bicyclic) bond motifs is 1. The third kappa shape index (κ3) is 3.37. The molecule has 3 N–H and O–H groups in total. The highest BCUT2D eigenvalue weighted by Gasteiger charge is 2.32. The van der Waals surface area contributed by atoms with E-state index in [-0.39, 0.29) is 17.4 Å². The lowest BCUT2D eigenvalue weighted by Crippen LogP contribution is -2.24. The highest BCUT2D eigenvalue weighted by Crippen LogP contribution is 2.37. The second-order valence-electron chi connectivity index (χ2n) is 7.25. The zero-order valence-corrected chi connectivity index (χ0v) is 15.7. The minimum absolute atomic E-state index is 0.0138. The third-order valence-electron chi connectivity index (χ3n) is 5.28. The molecule has 0 spiro atoms. The van der Waals surface area contributed by atoms with Crippen molar-refractivity contribution in [3.8, 4) is 0 Å². The molecular weight excluding hydrogens is 358 g/mol. The van der Waals surface area contributed by atoms with E-state index >= 15 is 0 Å². The normalized spacial score (nSPS) is 19.2. The van der Waals surface area contributed by atoms with E-state index < -0.39 is 5.97 Å². The molecule has 0 amide bonds. The first-order valence-electron chi connectivity index (χ1n) is 9.62. The minimum Gasteiger partial charge on any atom is -0.481 e. The van der Waals surface area contributed by atoms with E-state index in [1.54, 1.807) is 4.57 Å². The fraction of sp³-hybridized carbons (Fsp3) is 0.400. The van der Waals surface area contributed by atoms with E-state index in [9.17, 15) is 14.7 Å². The number of benzene rings is 1. The number of imidazole rings is 1. The molecule has 1 fully saturated rings. The lowest BCUT2D eigenvalue weighted by Gasteiger charge is -2.12. The Morgan fingerprint density at radius 1 is 1.29 bits per heavy atom.